The Hall–Kier alpha value is -2.70. The molecule has 2 bridgehead atoms. The molecule has 3 aliphatic rings. The van der Waals surface area contributed by atoms with E-state index in [-0.39, 0.29) is 54.3 Å². The summed E-state index contributed by atoms with van der Waals surface area (Å²) >= 11 is 5.37. The monoisotopic (exact) mass is 645 g/mol. The first-order chi connectivity index (χ1) is 19.9. The molecule has 5 rings (SSSR count). The first-order valence-electron chi connectivity index (χ1n) is 14.1. The van der Waals surface area contributed by atoms with E-state index in [1.165, 1.54) is 0 Å². The van der Waals surface area contributed by atoms with Crippen molar-refractivity contribution in [2.45, 2.75) is 59.6 Å². The quantitative estimate of drug-likeness (QED) is 0.144. The Kier molecular flexibility index (Phi) is 9.20. The highest BCUT2D eigenvalue weighted by atomic mass is 79.9. The van der Waals surface area contributed by atoms with Crippen LogP contribution in [0, 0.1) is 11.8 Å². The van der Waals surface area contributed by atoms with E-state index in [1.54, 1.807) is 38.4 Å². The van der Waals surface area contributed by atoms with E-state index in [1.807, 2.05) is 24.3 Å². The van der Waals surface area contributed by atoms with E-state index >= 15 is 0 Å². The number of ether oxygens (including phenoxy) is 1. The van der Waals surface area contributed by atoms with Gasteiger partial charge in [-0.05, 0) is 44.2 Å². The summed E-state index contributed by atoms with van der Waals surface area (Å²) < 4.78 is 6.50. The van der Waals surface area contributed by atoms with E-state index in [2.05, 4.69) is 39.4 Å². The Labute approximate surface area is 252 Å². The summed E-state index contributed by atoms with van der Waals surface area (Å²) in [6.07, 6.45) is 6.47. The molecule has 4 heterocycles. The van der Waals surface area contributed by atoms with Gasteiger partial charge < -0.3 is 19.6 Å². The van der Waals surface area contributed by atoms with Gasteiger partial charge in [0, 0.05) is 29.8 Å². The summed E-state index contributed by atoms with van der Waals surface area (Å²) in [4.78, 5) is 45.5. The number of nitrogens with zero attached hydrogens (tertiary/aromatic N) is 5. The second-order valence-corrected chi connectivity index (χ2v) is 13.5. The number of aliphatic hydroxyl groups excluding tert-OH is 1. The number of amides is 2. The highest BCUT2D eigenvalue weighted by molar-refractivity contribution is 9.09. The zero-order chi connectivity index (χ0) is 29.1. The fourth-order valence-electron chi connectivity index (χ4n) is 6.56. The van der Waals surface area contributed by atoms with Gasteiger partial charge >= 0.3 is 5.97 Å². The minimum Gasteiger partial charge on any atom is -0.465 e. The van der Waals surface area contributed by atoms with E-state index in [4.69, 9.17) is 4.74 Å². The largest absolute Gasteiger partial charge is 0.465 e. The Balaban J connectivity index is 1.49. The van der Waals surface area contributed by atoms with Crippen LogP contribution in [-0.4, -0.2) is 94.9 Å². The standard InChI is InChI=1S/C29H36BrN5O5S/c1-3-5-16-40-28(39)22-23-26(37)34(14-9-6-10-15-36)25(29(23)17-19(30)24(22)41-29)27(38)33(13-4-2)18-35-21-12-8-7-11-20(21)31-32-35/h3-4,7-8,11-12,19,22-25,36H,1-2,5-6,9-10,13-18H2/t19?,22-,23+,24-,25?,29?/m1/s1. The van der Waals surface area contributed by atoms with Crippen LogP contribution in [0.1, 0.15) is 32.1 Å². The third kappa shape index (κ3) is 5.34. The van der Waals surface area contributed by atoms with Crippen LogP contribution < -0.4 is 0 Å². The molecule has 3 aliphatic heterocycles. The number of esters is 1. The molecule has 2 amide bonds. The van der Waals surface area contributed by atoms with E-state index < -0.39 is 22.6 Å². The SMILES string of the molecule is C=CCCOC(=O)[C@H]1[C@@H]2SC3(CC2Br)C(C(=O)N(CC=C)Cn2nnc4ccccc42)N(CCCCCO)C(=O)[C@H]13. The van der Waals surface area contributed by atoms with Crippen LogP contribution in [-0.2, 0) is 25.8 Å². The number of aromatic nitrogens is 3. The number of halogens is 1. The summed E-state index contributed by atoms with van der Waals surface area (Å²) in [6.45, 7) is 8.63. The summed E-state index contributed by atoms with van der Waals surface area (Å²) in [6, 6.07) is 6.79. The number of alkyl halides is 1. The van der Waals surface area contributed by atoms with Crippen LogP contribution in [0.5, 0.6) is 0 Å². The molecular formula is C29H36BrN5O5S. The van der Waals surface area contributed by atoms with Crippen molar-refractivity contribution in [1.82, 2.24) is 24.8 Å². The minimum absolute atomic E-state index is 0.0368. The van der Waals surface area contributed by atoms with E-state index in [0.717, 1.165) is 17.5 Å². The second kappa shape index (κ2) is 12.7. The predicted octanol–water partition coefficient (Wildman–Crippen LogP) is 3.15. The lowest BCUT2D eigenvalue weighted by atomic mass is 9.71. The molecule has 0 radical (unpaired) electrons. The molecule has 1 aromatic heterocycles. The maximum Gasteiger partial charge on any atom is 0.310 e. The molecule has 1 aromatic carbocycles. The summed E-state index contributed by atoms with van der Waals surface area (Å²) in [7, 11) is 0. The van der Waals surface area contributed by atoms with Crippen molar-refractivity contribution >= 4 is 56.5 Å². The van der Waals surface area contributed by atoms with E-state index in [0.29, 0.717) is 32.2 Å². The first-order valence-corrected chi connectivity index (χ1v) is 15.9. The van der Waals surface area contributed by atoms with Gasteiger partial charge in [0.1, 0.15) is 18.2 Å². The number of unbranched alkanes of at least 4 members (excludes halogenated alkanes) is 2. The van der Waals surface area contributed by atoms with Crippen LogP contribution in [0.4, 0.5) is 0 Å². The second-order valence-electron chi connectivity index (χ2n) is 10.8. The molecule has 3 fully saturated rings. The van der Waals surface area contributed by atoms with Crippen LogP contribution in [0.15, 0.2) is 49.6 Å². The average Bonchev–Trinajstić information content (AvgIpc) is 3.68. The molecule has 10 nitrogen and oxygen atoms in total. The smallest absolute Gasteiger partial charge is 0.310 e. The number of para-hydroxylation sites is 1. The Morgan fingerprint density at radius 2 is 2.05 bits per heavy atom. The van der Waals surface area contributed by atoms with Crippen molar-refractivity contribution in [2.75, 3.05) is 26.3 Å². The van der Waals surface area contributed by atoms with Gasteiger partial charge in [-0.2, -0.15) is 0 Å². The Morgan fingerprint density at radius 1 is 1.24 bits per heavy atom. The van der Waals surface area contributed by atoms with Gasteiger partial charge in [-0.1, -0.05) is 45.4 Å². The highest BCUT2D eigenvalue weighted by Crippen LogP contribution is 2.68. The molecule has 0 saturated carbocycles. The third-order valence-electron chi connectivity index (χ3n) is 8.30. The highest BCUT2D eigenvalue weighted by Gasteiger charge is 2.76. The van der Waals surface area contributed by atoms with E-state index in [9.17, 15) is 19.5 Å². The van der Waals surface area contributed by atoms with Crippen LogP contribution in [0.2, 0.25) is 0 Å². The van der Waals surface area contributed by atoms with Crippen molar-refractivity contribution in [2.24, 2.45) is 11.8 Å². The summed E-state index contributed by atoms with van der Waals surface area (Å²) in [5, 5.41) is 17.6. The van der Waals surface area contributed by atoms with Crippen LogP contribution >= 0.6 is 27.7 Å². The lowest BCUT2D eigenvalue weighted by Crippen LogP contribution is -2.55. The molecule has 1 N–H and O–H groups in total. The molecule has 12 heteroatoms. The molecule has 6 atom stereocenters. The fraction of sp³-hybridized carbons (Fsp3) is 0.552. The summed E-state index contributed by atoms with van der Waals surface area (Å²) in [5.74, 6) is -2.04. The molecule has 2 aromatic rings. The van der Waals surface area contributed by atoms with Gasteiger partial charge in [0.15, 0.2) is 0 Å². The molecule has 3 unspecified atom stereocenters. The number of fused-ring (bicyclic) bond motifs is 2. The van der Waals surface area contributed by atoms with Crippen LogP contribution in [0.3, 0.4) is 0 Å². The average molecular weight is 647 g/mol. The number of carbonyl (C=O) groups is 3. The zero-order valence-corrected chi connectivity index (χ0v) is 25.3. The Bertz CT molecular complexity index is 1320. The van der Waals surface area contributed by atoms with Gasteiger partial charge in [-0.15, -0.1) is 30.0 Å². The lowest BCUT2D eigenvalue weighted by Gasteiger charge is -2.37. The lowest BCUT2D eigenvalue weighted by molar-refractivity contribution is -0.154. The van der Waals surface area contributed by atoms with Gasteiger partial charge in [0.05, 0.1) is 28.7 Å². The number of hydrogen-bond acceptors (Lipinski definition) is 8. The Morgan fingerprint density at radius 3 is 2.80 bits per heavy atom. The third-order valence-corrected chi connectivity index (χ3v) is 11.5. The predicted molar refractivity (Wildman–Crippen MR) is 160 cm³/mol. The molecule has 41 heavy (non-hydrogen) atoms. The summed E-state index contributed by atoms with van der Waals surface area (Å²) in [5.41, 5.74) is 1.52. The number of benzene rings is 1. The van der Waals surface area contributed by atoms with Crippen LogP contribution in [0.25, 0.3) is 11.0 Å². The first kappa shape index (κ1) is 29.8. The topological polar surface area (TPSA) is 118 Å². The van der Waals surface area contributed by atoms with Gasteiger partial charge in [-0.25, -0.2) is 4.68 Å². The maximum atomic E-state index is 14.6. The minimum atomic E-state index is -0.768. The van der Waals surface area contributed by atoms with Crippen molar-refractivity contribution in [3.8, 4) is 0 Å². The zero-order valence-electron chi connectivity index (χ0n) is 22.9. The molecule has 3 saturated heterocycles. The van der Waals surface area contributed by atoms with Gasteiger partial charge in [-0.3, -0.25) is 14.4 Å². The number of rotatable bonds is 14. The maximum absolute atomic E-state index is 14.6. The number of hydrogen-bond donors (Lipinski definition) is 1. The molecule has 1 spiro atoms. The van der Waals surface area contributed by atoms with Crippen molar-refractivity contribution in [1.29, 1.82) is 0 Å². The van der Waals surface area contributed by atoms with Crippen molar-refractivity contribution in [3.63, 3.8) is 0 Å². The number of aliphatic hydroxyl groups is 1. The van der Waals surface area contributed by atoms with Gasteiger partial charge in [0.2, 0.25) is 11.8 Å². The van der Waals surface area contributed by atoms with Crippen molar-refractivity contribution < 1.29 is 24.2 Å². The molecule has 220 valence electrons. The van der Waals surface area contributed by atoms with Gasteiger partial charge in [0.25, 0.3) is 0 Å². The van der Waals surface area contributed by atoms with Crippen molar-refractivity contribution in [3.05, 3.63) is 49.6 Å². The molecule has 0 aliphatic carbocycles. The normalized spacial score (nSPS) is 28.2. The fourth-order valence-corrected chi connectivity index (χ4v) is 10.2. The number of thioether (sulfide) groups is 1. The molecular weight excluding hydrogens is 610 g/mol. The number of likely N-dealkylation sites (tertiary alicyclic amines) is 1. The number of carbonyl (C=O) groups excluding carboxylic acids is 3.